The van der Waals surface area contributed by atoms with Gasteiger partial charge in [-0.2, -0.15) is 4.31 Å². The number of ether oxygens (including phenoxy) is 1. The molecule has 0 saturated carbocycles. The highest BCUT2D eigenvalue weighted by Gasteiger charge is 2.28. The molecular formula is C21H22BrN3O3S2. The summed E-state index contributed by atoms with van der Waals surface area (Å²) in [5.74, 6) is 0.824. The lowest BCUT2D eigenvalue weighted by Crippen LogP contribution is -2.48. The number of hydrogen-bond acceptors (Lipinski definition) is 6. The van der Waals surface area contributed by atoms with Crippen LogP contribution >= 0.6 is 27.3 Å². The van der Waals surface area contributed by atoms with Crippen molar-refractivity contribution < 1.29 is 13.2 Å². The number of piperazine rings is 1. The zero-order chi connectivity index (χ0) is 21.1. The molecule has 1 saturated heterocycles. The Balaban J connectivity index is 1.36. The predicted octanol–water partition coefficient (Wildman–Crippen LogP) is 4.09. The van der Waals surface area contributed by atoms with Gasteiger partial charge in [-0.15, -0.1) is 11.3 Å². The van der Waals surface area contributed by atoms with Crippen LogP contribution in [0.1, 0.15) is 5.01 Å². The topological polar surface area (TPSA) is 62.7 Å². The highest BCUT2D eigenvalue weighted by molar-refractivity contribution is 9.10. The molecule has 6 nitrogen and oxygen atoms in total. The van der Waals surface area contributed by atoms with Crippen molar-refractivity contribution in [3.63, 3.8) is 0 Å². The Labute approximate surface area is 189 Å². The number of thiazole rings is 1. The highest BCUT2D eigenvalue weighted by Crippen LogP contribution is 2.25. The summed E-state index contributed by atoms with van der Waals surface area (Å²) in [6.45, 7) is 3.07. The first-order valence-corrected chi connectivity index (χ1v) is 12.6. The Bertz CT molecular complexity index is 1090. The second kappa shape index (κ2) is 9.15. The van der Waals surface area contributed by atoms with Crippen LogP contribution in [0.2, 0.25) is 0 Å². The van der Waals surface area contributed by atoms with E-state index in [2.05, 4.69) is 26.2 Å². The Morgan fingerprint density at radius 2 is 1.70 bits per heavy atom. The Kier molecular flexibility index (Phi) is 6.54. The summed E-state index contributed by atoms with van der Waals surface area (Å²) in [4.78, 5) is 7.34. The van der Waals surface area contributed by atoms with Crippen LogP contribution in [0.5, 0.6) is 5.75 Å². The molecule has 0 amide bonds. The Morgan fingerprint density at radius 1 is 1.03 bits per heavy atom. The Hall–Kier alpha value is -1.78. The van der Waals surface area contributed by atoms with E-state index < -0.39 is 10.0 Å². The molecule has 2 heterocycles. The maximum atomic E-state index is 12.8. The van der Waals surface area contributed by atoms with Gasteiger partial charge in [0.15, 0.2) is 0 Å². The molecule has 9 heteroatoms. The van der Waals surface area contributed by atoms with Gasteiger partial charge in [0.1, 0.15) is 10.8 Å². The summed E-state index contributed by atoms with van der Waals surface area (Å²) in [5.41, 5.74) is 2.01. The summed E-state index contributed by atoms with van der Waals surface area (Å²) in [6.07, 6.45) is 0. The maximum Gasteiger partial charge on any atom is 0.243 e. The van der Waals surface area contributed by atoms with Gasteiger partial charge in [0.05, 0.1) is 24.2 Å². The average molecular weight is 508 g/mol. The van der Waals surface area contributed by atoms with Gasteiger partial charge in [-0.3, -0.25) is 4.90 Å². The van der Waals surface area contributed by atoms with Gasteiger partial charge in [0.25, 0.3) is 0 Å². The summed E-state index contributed by atoms with van der Waals surface area (Å²) < 4.78 is 33.3. The van der Waals surface area contributed by atoms with Gasteiger partial charge >= 0.3 is 0 Å². The standard InChI is InChI=1S/C21H22BrN3O3S2/c1-28-18-6-2-16(3-7-18)20-15-29-21(23-20)14-24-10-12-25(13-11-24)30(26,27)19-8-4-17(22)5-9-19/h2-9,15H,10-14H2,1H3. The molecule has 1 fully saturated rings. The molecule has 158 valence electrons. The third-order valence-corrected chi connectivity index (χ3v) is 8.35. The van der Waals surface area contributed by atoms with E-state index >= 15 is 0 Å². The van der Waals surface area contributed by atoms with E-state index in [1.807, 2.05) is 24.3 Å². The molecule has 0 aliphatic carbocycles. The molecule has 1 aliphatic heterocycles. The van der Waals surface area contributed by atoms with E-state index in [9.17, 15) is 8.42 Å². The number of hydrogen-bond donors (Lipinski definition) is 0. The van der Waals surface area contributed by atoms with Crippen LogP contribution in [0, 0.1) is 0 Å². The summed E-state index contributed by atoms with van der Waals surface area (Å²) in [5, 5.41) is 3.09. The number of nitrogens with zero attached hydrogens (tertiary/aromatic N) is 3. The summed E-state index contributed by atoms with van der Waals surface area (Å²) >= 11 is 4.98. The number of rotatable bonds is 6. The van der Waals surface area contributed by atoms with Gasteiger partial charge in [-0.05, 0) is 48.5 Å². The van der Waals surface area contributed by atoms with E-state index in [4.69, 9.17) is 9.72 Å². The molecule has 30 heavy (non-hydrogen) atoms. The van der Waals surface area contributed by atoms with Crippen molar-refractivity contribution in [2.75, 3.05) is 33.3 Å². The molecule has 3 aromatic rings. The molecule has 0 bridgehead atoms. The number of methoxy groups -OCH3 is 1. The van der Waals surface area contributed by atoms with Gasteiger partial charge in [0.2, 0.25) is 10.0 Å². The third-order valence-electron chi connectivity index (χ3n) is 5.08. The molecule has 2 aromatic carbocycles. The van der Waals surface area contributed by atoms with Crippen LogP contribution in [0.25, 0.3) is 11.3 Å². The van der Waals surface area contributed by atoms with Crippen LogP contribution in [0.4, 0.5) is 0 Å². The second-order valence-corrected chi connectivity index (χ2v) is 10.8. The SMILES string of the molecule is COc1ccc(-c2csc(CN3CCN(S(=O)(=O)c4ccc(Br)cc4)CC3)n2)cc1. The Morgan fingerprint density at radius 3 is 2.33 bits per heavy atom. The average Bonchev–Trinajstić information content (AvgIpc) is 3.23. The van der Waals surface area contributed by atoms with Crippen LogP contribution in [-0.2, 0) is 16.6 Å². The predicted molar refractivity (Wildman–Crippen MR) is 122 cm³/mol. The number of halogens is 1. The first kappa shape index (κ1) is 21.5. The molecule has 1 aliphatic rings. The summed E-state index contributed by atoms with van der Waals surface area (Å²) in [7, 11) is -1.80. The third kappa shape index (κ3) is 4.76. The van der Waals surface area contributed by atoms with Crippen molar-refractivity contribution in [2.45, 2.75) is 11.4 Å². The quantitative estimate of drug-likeness (QED) is 0.502. The number of sulfonamides is 1. The number of aromatic nitrogens is 1. The monoisotopic (exact) mass is 507 g/mol. The van der Waals surface area contributed by atoms with Gasteiger partial charge < -0.3 is 4.74 Å². The minimum Gasteiger partial charge on any atom is -0.497 e. The van der Waals surface area contributed by atoms with Crippen molar-refractivity contribution >= 4 is 37.3 Å². The normalized spacial score (nSPS) is 15.9. The van der Waals surface area contributed by atoms with Crippen LogP contribution in [0.3, 0.4) is 0 Å². The number of benzene rings is 2. The lowest BCUT2D eigenvalue weighted by Gasteiger charge is -2.33. The van der Waals surface area contributed by atoms with Crippen molar-refractivity contribution in [3.05, 3.63) is 63.4 Å². The highest BCUT2D eigenvalue weighted by atomic mass is 79.9. The molecule has 4 rings (SSSR count). The van der Waals surface area contributed by atoms with Gasteiger partial charge in [0, 0.05) is 41.6 Å². The van der Waals surface area contributed by atoms with Gasteiger partial charge in [-0.1, -0.05) is 15.9 Å². The van der Waals surface area contributed by atoms with E-state index in [0.29, 0.717) is 31.1 Å². The van der Waals surface area contributed by atoms with E-state index in [0.717, 1.165) is 33.0 Å². The second-order valence-electron chi connectivity index (χ2n) is 6.99. The zero-order valence-electron chi connectivity index (χ0n) is 16.5. The van der Waals surface area contributed by atoms with Crippen molar-refractivity contribution in [1.29, 1.82) is 0 Å². The fourth-order valence-corrected chi connectivity index (χ4v) is 5.88. The van der Waals surface area contributed by atoms with Crippen LogP contribution in [-0.4, -0.2) is 55.9 Å². The van der Waals surface area contributed by atoms with Crippen molar-refractivity contribution in [1.82, 2.24) is 14.2 Å². The minimum absolute atomic E-state index is 0.336. The van der Waals surface area contributed by atoms with E-state index in [1.165, 1.54) is 0 Å². The molecule has 0 radical (unpaired) electrons. The molecule has 1 aromatic heterocycles. The van der Waals surface area contributed by atoms with E-state index in [1.54, 1.807) is 47.0 Å². The fraction of sp³-hybridized carbons (Fsp3) is 0.286. The first-order chi connectivity index (χ1) is 14.5. The summed E-state index contributed by atoms with van der Waals surface area (Å²) in [6, 6.07) is 14.7. The maximum absolute atomic E-state index is 12.8. The molecule has 0 spiro atoms. The minimum atomic E-state index is -3.45. The molecule has 0 atom stereocenters. The lowest BCUT2D eigenvalue weighted by atomic mass is 10.2. The van der Waals surface area contributed by atoms with Gasteiger partial charge in [-0.25, -0.2) is 13.4 Å². The van der Waals surface area contributed by atoms with E-state index in [-0.39, 0.29) is 0 Å². The fourth-order valence-electron chi connectivity index (χ4n) is 3.35. The lowest BCUT2D eigenvalue weighted by molar-refractivity contribution is 0.181. The van der Waals surface area contributed by atoms with Crippen molar-refractivity contribution in [3.8, 4) is 17.0 Å². The van der Waals surface area contributed by atoms with Crippen LogP contribution < -0.4 is 4.74 Å². The molecule has 0 unspecified atom stereocenters. The smallest absolute Gasteiger partial charge is 0.243 e. The largest absolute Gasteiger partial charge is 0.497 e. The first-order valence-electron chi connectivity index (χ1n) is 9.52. The van der Waals surface area contributed by atoms with Crippen LogP contribution in [0.15, 0.2) is 63.3 Å². The molecule has 0 N–H and O–H groups in total. The molecular weight excluding hydrogens is 486 g/mol. The zero-order valence-corrected chi connectivity index (χ0v) is 19.7. The van der Waals surface area contributed by atoms with Crippen molar-refractivity contribution in [2.24, 2.45) is 0 Å².